The summed E-state index contributed by atoms with van der Waals surface area (Å²) in [6.45, 7) is 10.2. The molecule has 0 saturated carbocycles. The van der Waals surface area contributed by atoms with Crippen LogP contribution in [-0.2, 0) is 15.9 Å². The summed E-state index contributed by atoms with van der Waals surface area (Å²) in [5.41, 5.74) is 3.47. The van der Waals surface area contributed by atoms with Gasteiger partial charge < -0.3 is 29.3 Å². The summed E-state index contributed by atoms with van der Waals surface area (Å²) in [5.74, 6) is 0.832. The number of morpholine rings is 1. The Morgan fingerprint density at radius 1 is 1.03 bits per heavy atom. The molecule has 2 aromatic rings. The van der Waals surface area contributed by atoms with Gasteiger partial charge in [0.2, 0.25) is 0 Å². The van der Waals surface area contributed by atoms with Crippen molar-refractivity contribution >= 4 is 17.8 Å². The number of hydrogen-bond donors (Lipinski definition) is 1. The lowest BCUT2D eigenvalue weighted by Gasteiger charge is -2.44. The molecule has 3 amide bonds. The van der Waals surface area contributed by atoms with Gasteiger partial charge in [0.25, 0.3) is 0 Å². The number of ether oxygens (including phenoxy) is 3. The van der Waals surface area contributed by atoms with Crippen molar-refractivity contribution in [1.82, 2.24) is 14.8 Å². The first-order chi connectivity index (χ1) is 18.2. The number of rotatable bonds is 3. The maximum atomic E-state index is 12.5. The quantitative estimate of drug-likeness (QED) is 0.613. The number of nitrogens with one attached hydrogen (secondary N) is 1. The van der Waals surface area contributed by atoms with Crippen molar-refractivity contribution in [2.75, 3.05) is 51.3 Å². The number of fused-ring (bicyclic) bond motifs is 1. The van der Waals surface area contributed by atoms with E-state index in [-0.39, 0.29) is 23.1 Å². The number of likely N-dealkylation sites (tertiary alicyclic amines) is 1. The Labute approximate surface area is 224 Å². The van der Waals surface area contributed by atoms with Gasteiger partial charge in [0.1, 0.15) is 11.4 Å². The van der Waals surface area contributed by atoms with Gasteiger partial charge in [0.15, 0.2) is 0 Å². The van der Waals surface area contributed by atoms with E-state index in [4.69, 9.17) is 14.2 Å². The van der Waals surface area contributed by atoms with Crippen LogP contribution in [0, 0.1) is 5.41 Å². The van der Waals surface area contributed by atoms with E-state index in [0.717, 1.165) is 53.9 Å². The Morgan fingerprint density at radius 3 is 2.42 bits per heavy atom. The maximum absolute atomic E-state index is 12.5. The number of nitrogens with zero attached hydrogens (tertiary/aromatic N) is 3. The third kappa shape index (κ3) is 6.20. The molecule has 204 valence electrons. The Morgan fingerprint density at radius 2 is 1.74 bits per heavy atom. The molecule has 1 N–H and O–H groups in total. The molecule has 2 saturated heterocycles. The van der Waals surface area contributed by atoms with E-state index in [1.807, 2.05) is 30.5 Å². The number of aromatic nitrogens is 1. The number of hydrogen-bond acceptors (Lipinski definition) is 6. The van der Waals surface area contributed by atoms with Crippen molar-refractivity contribution in [3.63, 3.8) is 0 Å². The summed E-state index contributed by atoms with van der Waals surface area (Å²) < 4.78 is 17.3. The van der Waals surface area contributed by atoms with E-state index in [9.17, 15) is 9.59 Å². The first-order valence-corrected chi connectivity index (χ1v) is 13.5. The van der Waals surface area contributed by atoms with Crippen LogP contribution in [0.3, 0.4) is 0 Å². The number of pyridine rings is 1. The van der Waals surface area contributed by atoms with E-state index in [1.165, 1.54) is 0 Å². The normalized spacial score (nSPS) is 18.9. The number of aryl methyl sites for hydroxylation is 1. The van der Waals surface area contributed by atoms with Crippen LogP contribution in [0.4, 0.5) is 15.3 Å². The topological polar surface area (TPSA) is 93.2 Å². The SMILES string of the molecule is CC(C)(C)COC(=O)N1CCC2(CCc3cc(-c4ccc(NC(=O)N5CCOCC5)cc4)ncc3O2)CC1. The zero-order chi connectivity index (χ0) is 26.8. The third-order valence-corrected chi connectivity index (χ3v) is 7.42. The third-order valence-electron chi connectivity index (χ3n) is 7.42. The average molecular weight is 523 g/mol. The second kappa shape index (κ2) is 10.8. The first kappa shape index (κ1) is 26.3. The minimum atomic E-state index is -0.253. The highest BCUT2D eigenvalue weighted by molar-refractivity contribution is 5.89. The molecular formula is C29H38N4O5. The summed E-state index contributed by atoms with van der Waals surface area (Å²) >= 11 is 0. The molecule has 0 bridgehead atoms. The summed E-state index contributed by atoms with van der Waals surface area (Å²) in [7, 11) is 0. The predicted octanol–water partition coefficient (Wildman–Crippen LogP) is 4.96. The molecule has 4 heterocycles. The average Bonchev–Trinajstić information content (AvgIpc) is 2.92. The van der Waals surface area contributed by atoms with Crippen molar-refractivity contribution < 1.29 is 23.8 Å². The minimum absolute atomic E-state index is 0.0459. The molecule has 9 nitrogen and oxygen atoms in total. The van der Waals surface area contributed by atoms with E-state index < -0.39 is 0 Å². The molecule has 3 aliphatic rings. The molecule has 9 heteroatoms. The lowest BCUT2D eigenvalue weighted by molar-refractivity contribution is -0.0174. The number of benzene rings is 1. The smallest absolute Gasteiger partial charge is 0.409 e. The van der Waals surface area contributed by atoms with Gasteiger partial charge in [-0.2, -0.15) is 0 Å². The molecule has 5 rings (SSSR count). The Balaban J connectivity index is 1.17. The van der Waals surface area contributed by atoms with Crippen LogP contribution in [0.25, 0.3) is 11.3 Å². The second-order valence-corrected chi connectivity index (χ2v) is 11.7. The van der Waals surface area contributed by atoms with Crippen LogP contribution in [0.5, 0.6) is 5.75 Å². The summed E-state index contributed by atoms with van der Waals surface area (Å²) in [5, 5.41) is 2.96. The van der Waals surface area contributed by atoms with Gasteiger partial charge in [0, 0.05) is 50.3 Å². The fourth-order valence-electron chi connectivity index (χ4n) is 5.09. The number of piperidine rings is 1. The lowest BCUT2D eigenvalue weighted by Crippen LogP contribution is -2.51. The first-order valence-electron chi connectivity index (χ1n) is 13.5. The van der Waals surface area contributed by atoms with Gasteiger partial charge in [-0.15, -0.1) is 0 Å². The summed E-state index contributed by atoms with van der Waals surface area (Å²) in [6.07, 6.45) is 4.99. The van der Waals surface area contributed by atoms with E-state index >= 15 is 0 Å². The van der Waals surface area contributed by atoms with Gasteiger partial charge in [-0.05, 0) is 42.0 Å². The Kier molecular flexibility index (Phi) is 7.47. The van der Waals surface area contributed by atoms with Crippen molar-refractivity contribution in [2.45, 2.75) is 52.1 Å². The molecule has 0 aliphatic carbocycles. The number of amides is 3. The molecule has 0 radical (unpaired) electrons. The molecule has 3 aliphatic heterocycles. The van der Waals surface area contributed by atoms with E-state index in [1.54, 1.807) is 9.80 Å². The zero-order valence-electron chi connectivity index (χ0n) is 22.6. The minimum Gasteiger partial charge on any atom is -0.485 e. The highest BCUT2D eigenvalue weighted by Crippen LogP contribution is 2.40. The molecule has 0 unspecified atom stereocenters. The van der Waals surface area contributed by atoms with Crippen LogP contribution >= 0.6 is 0 Å². The molecule has 2 fully saturated rings. The van der Waals surface area contributed by atoms with Crippen molar-refractivity contribution in [3.8, 4) is 17.0 Å². The summed E-state index contributed by atoms with van der Waals surface area (Å²) in [6, 6.07) is 9.75. The fourth-order valence-corrected chi connectivity index (χ4v) is 5.09. The van der Waals surface area contributed by atoms with Crippen LogP contribution in [-0.4, -0.2) is 78.5 Å². The number of anilines is 1. The number of urea groups is 1. The van der Waals surface area contributed by atoms with E-state index in [2.05, 4.69) is 37.1 Å². The van der Waals surface area contributed by atoms with Crippen molar-refractivity contribution in [3.05, 3.63) is 42.1 Å². The van der Waals surface area contributed by atoms with Gasteiger partial charge in [-0.3, -0.25) is 4.98 Å². The monoisotopic (exact) mass is 522 g/mol. The maximum Gasteiger partial charge on any atom is 0.409 e. The second-order valence-electron chi connectivity index (χ2n) is 11.7. The highest BCUT2D eigenvalue weighted by Gasteiger charge is 2.41. The molecule has 1 aromatic carbocycles. The van der Waals surface area contributed by atoms with Gasteiger partial charge in [0.05, 0.1) is 31.7 Å². The van der Waals surface area contributed by atoms with Crippen molar-refractivity contribution in [2.24, 2.45) is 5.41 Å². The van der Waals surface area contributed by atoms with Gasteiger partial charge in [-0.25, -0.2) is 9.59 Å². The van der Waals surface area contributed by atoms with Crippen LogP contribution in [0.15, 0.2) is 36.5 Å². The molecule has 1 aromatic heterocycles. The highest BCUT2D eigenvalue weighted by atomic mass is 16.6. The van der Waals surface area contributed by atoms with Crippen LogP contribution < -0.4 is 10.1 Å². The number of carbonyl (C=O) groups is 2. The lowest BCUT2D eigenvalue weighted by atomic mass is 9.83. The zero-order valence-corrected chi connectivity index (χ0v) is 22.6. The van der Waals surface area contributed by atoms with E-state index in [0.29, 0.717) is 46.0 Å². The predicted molar refractivity (Wildman–Crippen MR) is 144 cm³/mol. The Bertz CT molecular complexity index is 1150. The standard InChI is InChI=1S/C29H38N4O5/c1-28(2,3)20-37-27(35)33-12-10-29(11-13-33)9-8-22-18-24(30-19-25(22)38-29)21-4-6-23(7-5-21)31-26(34)32-14-16-36-17-15-32/h4-7,18-19H,8-17,20H2,1-3H3,(H,31,34). The summed E-state index contributed by atoms with van der Waals surface area (Å²) in [4.78, 5) is 33.1. The molecular weight excluding hydrogens is 484 g/mol. The molecule has 0 atom stereocenters. The molecule has 1 spiro atoms. The Hall–Kier alpha value is -3.33. The number of carbonyl (C=O) groups excluding carboxylic acids is 2. The largest absolute Gasteiger partial charge is 0.485 e. The van der Waals surface area contributed by atoms with Gasteiger partial charge >= 0.3 is 12.1 Å². The fraction of sp³-hybridized carbons (Fsp3) is 0.552. The van der Waals surface area contributed by atoms with Crippen LogP contribution in [0.1, 0.15) is 45.6 Å². The van der Waals surface area contributed by atoms with Gasteiger partial charge in [-0.1, -0.05) is 32.9 Å². The molecule has 38 heavy (non-hydrogen) atoms. The van der Waals surface area contributed by atoms with Crippen LogP contribution in [0.2, 0.25) is 0 Å². The van der Waals surface area contributed by atoms with Crippen molar-refractivity contribution in [1.29, 1.82) is 0 Å².